The van der Waals surface area contributed by atoms with Gasteiger partial charge in [0.1, 0.15) is 23.0 Å². The van der Waals surface area contributed by atoms with Crippen molar-refractivity contribution < 1.29 is 14.1 Å². The molecular formula is C18H14N4O4. The zero-order valence-corrected chi connectivity index (χ0v) is 13.8. The van der Waals surface area contributed by atoms with E-state index >= 15 is 0 Å². The Bertz CT molecular complexity index is 995. The molecule has 26 heavy (non-hydrogen) atoms. The number of benzene rings is 1. The van der Waals surface area contributed by atoms with Crippen LogP contribution in [0.1, 0.15) is 27.2 Å². The topological polar surface area (TPSA) is 114 Å². The fourth-order valence-corrected chi connectivity index (χ4v) is 2.57. The summed E-state index contributed by atoms with van der Waals surface area (Å²) in [6.07, 6.45) is 3.44. The van der Waals surface area contributed by atoms with E-state index < -0.39 is 10.8 Å². The molecule has 0 saturated heterocycles. The van der Waals surface area contributed by atoms with Crippen LogP contribution in [-0.4, -0.2) is 15.4 Å². The minimum atomic E-state index is -0.487. The summed E-state index contributed by atoms with van der Waals surface area (Å²) in [5, 5.41) is 22.8. The number of furan rings is 1. The number of carbonyl (C=O) groups is 1. The smallest absolute Gasteiger partial charge is 0.269 e. The van der Waals surface area contributed by atoms with E-state index in [1.54, 1.807) is 48.1 Å². The van der Waals surface area contributed by atoms with Crippen LogP contribution in [0.2, 0.25) is 0 Å². The van der Waals surface area contributed by atoms with E-state index in [9.17, 15) is 20.2 Å². The van der Waals surface area contributed by atoms with Gasteiger partial charge >= 0.3 is 0 Å². The number of aryl methyl sites for hydroxylation is 1. The molecule has 3 aromatic rings. The molecule has 8 heteroatoms. The van der Waals surface area contributed by atoms with Crippen LogP contribution in [0.15, 0.2) is 53.2 Å². The lowest BCUT2D eigenvalue weighted by Crippen LogP contribution is -2.24. The molecule has 0 aliphatic heterocycles. The number of amides is 1. The predicted molar refractivity (Wildman–Crippen MR) is 91.8 cm³/mol. The average molecular weight is 350 g/mol. The SMILES string of the molecule is Cc1oc(-n2cccc2)c(C#N)c1C(=O)NCc1ccc([N+](=O)[O-])cc1. The first-order chi connectivity index (χ1) is 12.5. The third-order valence-corrected chi connectivity index (χ3v) is 3.84. The summed E-state index contributed by atoms with van der Waals surface area (Å²) in [4.78, 5) is 22.7. The quantitative estimate of drug-likeness (QED) is 0.561. The Morgan fingerprint density at radius 1 is 1.31 bits per heavy atom. The molecule has 2 heterocycles. The van der Waals surface area contributed by atoms with Crippen molar-refractivity contribution in [2.45, 2.75) is 13.5 Å². The minimum absolute atomic E-state index is 0.0195. The first-order valence-electron chi connectivity index (χ1n) is 7.69. The molecule has 0 spiro atoms. The van der Waals surface area contributed by atoms with Crippen molar-refractivity contribution in [3.63, 3.8) is 0 Å². The van der Waals surface area contributed by atoms with Gasteiger partial charge in [0.15, 0.2) is 0 Å². The Morgan fingerprint density at radius 2 is 1.96 bits per heavy atom. The summed E-state index contributed by atoms with van der Waals surface area (Å²) in [6.45, 7) is 1.79. The maximum Gasteiger partial charge on any atom is 0.269 e. The van der Waals surface area contributed by atoms with Gasteiger partial charge in [-0.3, -0.25) is 19.5 Å². The monoisotopic (exact) mass is 350 g/mol. The molecule has 0 atom stereocenters. The third kappa shape index (κ3) is 3.18. The fourth-order valence-electron chi connectivity index (χ4n) is 2.57. The van der Waals surface area contributed by atoms with Gasteiger partial charge in [0, 0.05) is 31.1 Å². The molecule has 0 unspecified atom stereocenters. The minimum Gasteiger partial charge on any atom is -0.443 e. The van der Waals surface area contributed by atoms with Crippen LogP contribution >= 0.6 is 0 Å². The van der Waals surface area contributed by atoms with E-state index in [1.165, 1.54) is 12.1 Å². The van der Waals surface area contributed by atoms with Gasteiger partial charge < -0.3 is 9.73 Å². The van der Waals surface area contributed by atoms with Gasteiger partial charge in [-0.1, -0.05) is 12.1 Å². The zero-order valence-electron chi connectivity index (χ0n) is 13.8. The summed E-state index contributed by atoms with van der Waals surface area (Å²) < 4.78 is 7.22. The summed E-state index contributed by atoms with van der Waals surface area (Å²) >= 11 is 0. The van der Waals surface area contributed by atoms with Crippen molar-refractivity contribution in [1.29, 1.82) is 5.26 Å². The van der Waals surface area contributed by atoms with Crippen LogP contribution in [0.3, 0.4) is 0 Å². The number of aromatic nitrogens is 1. The zero-order chi connectivity index (χ0) is 18.7. The Morgan fingerprint density at radius 3 is 2.54 bits per heavy atom. The summed E-state index contributed by atoms with van der Waals surface area (Å²) in [5.41, 5.74) is 1.01. The largest absolute Gasteiger partial charge is 0.443 e. The Kier molecular flexibility index (Phi) is 4.53. The molecule has 3 rings (SSSR count). The normalized spacial score (nSPS) is 10.3. The highest BCUT2D eigenvalue weighted by Crippen LogP contribution is 2.25. The Hall–Kier alpha value is -3.86. The van der Waals surface area contributed by atoms with Crippen molar-refractivity contribution in [2.24, 2.45) is 0 Å². The van der Waals surface area contributed by atoms with Gasteiger partial charge in [0.05, 0.1) is 4.92 Å². The van der Waals surface area contributed by atoms with Crippen LogP contribution < -0.4 is 5.32 Å². The van der Waals surface area contributed by atoms with Crippen LogP contribution in [0.4, 0.5) is 5.69 Å². The van der Waals surface area contributed by atoms with Gasteiger partial charge in [0.25, 0.3) is 11.6 Å². The van der Waals surface area contributed by atoms with Crippen molar-refractivity contribution in [1.82, 2.24) is 9.88 Å². The van der Waals surface area contributed by atoms with E-state index in [-0.39, 0.29) is 29.2 Å². The van der Waals surface area contributed by atoms with Gasteiger partial charge in [0.2, 0.25) is 5.88 Å². The molecule has 0 bridgehead atoms. The first-order valence-corrected chi connectivity index (χ1v) is 7.69. The van der Waals surface area contributed by atoms with E-state index in [4.69, 9.17) is 4.42 Å². The highest BCUT2D eigenvalue weighted by atomic mass is 16.6. The van der Waals surface area contributed by atoms with E-state index in [0.717, 1.165) is 0 Å². The molecule has 2 aromatic heterocycles. The predicted octanol–water partition coefficient (Wildman–Crippen LogP) is 3.09. The number of nitrogens with zero attached hydrogens (tertiary/aromatic N) is 3. The third-order valence-electron chi connectivity index (χ3n) is 3.84. The first kappa shape index (κ1) is 17.0. The van der Waals surface area contributed by atoms with Crippen LogP contribution in [-0.2, 0) is 6.54 Å². The molecule has 0 aliphatic carbocycles. The summed E-state index contributed by atoms with van der Waals surface area (Å²) in [5.74, 6) is 0.182. The fraction of sp³-hybridized carbons (Fsp3) is 0.111. The Labute approximate surface area is 148 Å². The number of nitro groups is 1. The van der Waals surface area contributed by atoms with Gasteiger partial charge in [-0.15, -0.1) is 0 Å². The number of rotatable bonds is 5. The van der Waals surface area contributed by atoms with E-state index in [1.807, 2.05) is 6.07 Å². The number of nitriles is 1. The van der Waals surface area contributed by atoms with Gasteiger partial charge in [-0.25, -0.2) is 0 Å². The lowest BCUT2D eigenvalue weighted by atomic mass is 10.1. The number of nitro benzene ring substituents is 1. The van der Waals surface area contributed by atoms with E-state index in [0.29, 0.717) is 11.3 Å². The number of non-ortho nitro benzene ring substituents is 1. The van der Waals surface area contributed by atoms with Crippen LogP contribution in [0.25, 0.3) is 5.88 Å². The van der Waals surface area contributed by atoms with Crippen molar-refractivity contribution in [2.75, 3.05) is 0 Å². The lowest BCUT2D eigenvalue weighted by Gasteiger charge is -2.05. The lowest BCUT2D eigenvalue weighted by molar-refractivity contribution is -0.384. The number of hydrogen-bond donors (Lipinski definition) is 1. The number of carbonyl (C=O) groups excluding carboxylic acids is 1. The molecule has 1 N–H and O–H groups in total. The molecule has 1 amide bonds. The van der Waals surface area contributed by atoms with Crippen molar-refractivity contribution in [3.8, 4) is 12.0 Å². The number of hydrogen-bond acceptors (Lipinski definition) is 5. The highest BCUT2D eigenvalue weighted by Gasteiger charge is 2.24. The standard InChI is InChI=1S/C18H14N4O4/c1-12-16(15(10-19)18(26-12)21-8-2-3-9-21)17(23)20-11-13-4-6-14(7-5-13)22(24)25/h2-9H,11H2,1H3,(H,20,23). The maximum atomic E-state index is 12.5. The maximum absolute atomic E-state index is 12.5. The van der Waals surface area contributed by atoms with Gasteiger partial charge in [-0.05, 0) is 24.6 Å². The molecule has 0 fully saturated rings. The molecule has 8 nitrogen and oxygen atoms in total. The van der Waals surface area contributed by atoms with Crippen LogP contribution in [0, 0.1) is 28.4 Å². The summed E-state index contributed by atoms with van der Waals surface area (Å²) in [6, 6.07) is 11.5. The second kappa shape index (κ2) is 6.94. The van der Waals surface area contributed by atoms with E-state index in [2.05, 4.69) is 5.32 Å². The van der Waals surface area contributed by atoms with Crippen molar-refractivity contribution in [3.05, 3.63) is 81.4 Å². The second-order valence-electron chi connectivity index (χ2n) is 5.52. The molecule has 0 saturated carbocycles. The molecule has 1 aromatic carbocycles. The molecule has 0 radical (unpaired) electrons. The Balaban J connectivity index is 1.80. The van der Waals surface area contributed by atoms with Crippen molar-refractivity contribution >= 4 is 11.6 Å². The molecular weight excluding hydrogens is 336 g/mol. The summed E-state index contributed by atoms with van der Waals surface area (Å²) in [7, 11) is 0. The second-order valence-corrected chi connectivity index (χ2v) is 5.52. The van der Waals surface area contributed by atoms with Gasteiger partial charge in [-0.2, -0.15) is 5.26 Å². The highest BCUT2D eigenvalue weighted by molar-refractivity contribution is 5.98. The molecule has 0 aliphatic rings. The average Bonchev–Trinajstić information content (AvgIpc) is 3.27. The number of nitrogens with one attached hydrogen (secondary N) is 1. The van der Waals surface area contributed by atoms with Crippen LogP contribution in [0.5, 0.6) is 0 Å². The molecule has 130 valence electrons.